The number of ketones is 1. The van der Waals surface area contributed by atoms with Crippen LogP contribution in [0.2, 0.25) is 0 Å². The highest BCUT2D eigenvalue weighted by atomic mass is 33.1. The first-order valence-electron chi connectivity index (χ1n) is 33.0. The highest BCUT2D eigenvalue weighted by Gasteiger charge is 2.79. The van der Waals surface area contributed by atoms with Crippen molar-refractivity contribution in [1.82, 2.24) is 45.9 Å². The van der Waals surface area contributed by atoms with Crippen molar-refractivity contribution in [3.63, 3.8) is 0 Å². The molecule has 7 aliphatic rings. The minimum Gasteiger partial charge on any atom is -0.496 e. The summed E-state index contributed by atoms with van der Waals surface area (Å²) in [5.41, 5.74) is 4.58. The summed E-state index contributed by atoms with van der Waals surface area (Å²) in [7, 11) is 5.76. The number of hydrazine groups is 1. The molecule has 3 saturated heterocycles. The maximum atomic E-state index is 15.2. The van der Waals surface area contributed by atoms with Gasteiger partial charge in [0.15, 0.2) is 23.8 Å². The number of methoxy groups -OCH3 is 1. The third-order valence-electron chi connectivity index (χ3n) is 21.7. The lowest BCUT2D eigenvalue weighted by Gasteiger charge is -2.63. The number of rotatable bonds is 25. The molecule has 4 unspecified atom stereocenters. The van der Waals surface area contributed by atoms with Gasteiger partial charge in [0.05, 0.1) is 49.6 Å². The monoisotopic (exact) mass is 1370 g/mol. The molecular formula is C66H90N10O18S2. The fraction of sp³-hybridized carbons (Fsp3) is 0.636. The molecule has 1 spiro atoms. The van der Waals surface area contributed by atoms with Gasteiger partial charge >= 0.3 is 18.0 Å². The van der Waals surface area contributed by atoms with Crippen molar-refractivity contribution in [2.45, 2.75) is 176 Å². The Hall–Kier alpha value is -6.42. The molecule has 4 aromatic rings. The highest BCUT2D eigenvalue weighted by molar-refractivity contribution is 8.76. The quantitative estimate of drug-likeness (QED) is 0.0196. The van der Waals surface area contributed by atoms with Crippen molar-refractivity contribution in [2.24, 2.45) is 23.2 Å². The Bertz CT molecular complexity index is 3620. The number of hydrogen-bond acceptors (Lipinski definition) is 23. The first-order valence-corrected chi connectivity index (χ1v) is 35.5. The molecule has 1 saturated carbocycles. The number of anilines is 1. The van der Waals surface area contributed by atoms with Gasteiger partial charge in [-0.3, -0.25) is 34.4 Å². The van der Waals surface area contributed by atoms with Gasteiger partial charge in [0.1, 0.15) is 36.8 Å². The van der Waals surface area contributed by atoms with Crippen molar-refractivity contribution in [2.75, 3.05) is 70.0 Å². The van der Waals surface area contributed by atoms with Gasteiger partial charge in [-0.15, -0.1) is 5.10 Å². The lowest BCUT2D eigenvalue weighted by atomic mass is 9.47. The number of carbonyl (C=O) groups is 6. The van der Waals surface area contributed by atoms with Crippen LogP contribution >= 0.6 is 21.6 Å². The van der Waals surface area contributed by atoms with Crippen molar-refractivity contribution >= 4 is 73.8 Å². The second-order valence-corrected chi connectivity index (χ2v) is 30.1. The molecule has 2 aromatic carbocycles. The number of aromatic amines is 1. The molecule has 6 aliphatic heterocycles. The van der Waals surface area contributed by atoms with Crippen molar-refractivity contribution < 1.29 is 88.6 Å². The number of para-hydroxylation sites is 1. The molecule has 96 heavy (non-hydrogen) atoms. The number of benzene rings is 2. The Morgan fingerprint density at radius 2 is 1.71 bits per heavy atom. The number of aliphatic carboxylic acids is 2. The van der Waals surface area contributed by atoms with E-state index in [-0.39, 0.29) is 55.3 Å². The average Bonchev–Trinajstić information content (AvgIpc) is 1.45. The molecule has 11 rings (SSSR count). The number of hydrogen-bond donors (Lipinski definition) is 12. The summed E-state index contributed by atoms with van der Waals surface area (Å²) < 4.78 is 23.8. The first-order chi connectivity index (χ1) is 45.7. The molecule has 1 aliphatic carbocycles. The number of nitrogens with zero attached hydrogens (tertiary/aromatic N) is 6. The van der Waals surface area contributed by atoms with E-state index in [0.29, 0.717) is 70.5 Å². The summed E-state index contributed by atoms with van der Waals surface area (Å²) >= 11 is 0. The number of likely N-dealkylation sites (N-methyl/N-ethyl adjacent to an activating group) is 1. The molecular weight excluding hydrogens is 1280 g/mol. The maximum Gasteiger partial charge on any atom is 0.426 e. The third kappa shape index (κ3) is 12.7. The van der Waals surface area contributed by atoms with Crippen LogP contribution in [-0.2, 0) is 68.5 Å². The van der Waals surface area contributed by atoms with Crippen molar-refractivity contribution in [3.8, 4) is 5.75 Å². The van der Waals surface area contributed by atoms with Crippen LogP contribution in [0.5, 0.6) is 5.75 Å². The molecule has 2 aromatic heterocycles. The molecule has 524 valence electrons. The predicted molar refractivity (Wildman–Crippen MR) is 351 cm³/mol. The fourth-order valence-corrected chi connectivity index (χ4v) is 19.0. The van der Waals surface area contributed by atoms with Gasteiger partial charge in [-0.25, -0.2) is 19.7 Å². The molecule has 12 N–H and O–H groups in total. The van der Waals surface area contributed by atoms with Crippen LogP contribution in [-0.4, -0.2) is 237 Å². The molecule has 0 radical (unpaired) electrons. The van der Waals surface area contributed by atoms with Gasteiger partial charge in [0, 0.05) is 126 Å². The van der Waals surface area contributed by atoms with Crippen LogP contribution in [0.3, 0.4) is 0 Å². The van der Waals surface area contributed by atoms with Crippen molar-refractivity contribution in [1.29, 1.82) is 0 Å². The smallest absolute Gasteiger partial charge is 0.426 e. The van der Waals surface area contributed by atoms with E-state index < -0.39 is 130 Å². The lowest BCUT2D eigenvalue weighted by Crippen LogP contribution is -2.82. The molecule has 18 atom stereocenters. The summed E-state index contributed by atoms with van der Waals surface area (Å²) in [6.07, 6.45) is -3.65. The summed E-state index contributed by atoms with van der Waals surface area (Å²) in [6.45, 7) is 12.5. The second kappa shape index (κ2) is 28.1. The van der Waals surface area contributed by atoms with Gasteiger partial charge < -0.3 is 75.0 Å². The second-order valence-electron chi connectivity index (χ2n) is 27.4. The number of carboxylic acids is 2. The van der Waals surface area contributed by atoms with Crippen LogP contribution in [0.15, 0.2) is 54.7 Å². The van der Waals surface area contributed by atoms with E-state index in [9.17, 15) is 64.8 Å². The number of aliphatic hydroxyl groups is 6. The Balaban J connectivity index is 0.741. The van der Waals surface area contributed by atoms with Gasteiger partial charge in [-0.1, -0.05) is 84.8 Å². The van der Waals surface area contributed by atoms with E-state index in [1.54, 1.807) is 21.0 Å². The van der Waals surface area contributed by atoms with E-state index >= 15 is 4.79 Å². The lowest BCUT2D eigenvalue weighted by molar-refractivity contribution is -0.294. The Labute approximate surface area is 563 Å². The molecule has 8 heterocycles. The molecule has 3 amide bonds. The molecule has 4 fully saturated rings. The number of nitrogens with one attached hydrogen (secondary N) is 4. The van der Waals surface area contributed by atoms with Crippen LogP contribution in [0.1, 0.15) is 108 Å². The minimum atomic E-state index is -2.55. The zero-order chi connectivity index (χ0) is 69.0. The summed E-state index contributed by atoms with van der Waals surface area (Å²) in [5, 5.41) is 100. The predicted octanol–water partition coefficient (Wildman–Crippen LogP) is 2.12. The van der Waals surface area contributed by atoms with Crippen LogP contribution in [0, 0.1) is 23.2 Å². The number of ether oxygens (including phenoxy) is 4. The number of carboxylic acid groups (broad SMARTS) is 2. The number of amides is 3. The Morgan fingerprint density at radius 1 is 0.938 bits per heavy atom. The number of aromatic nitrogens is 4. The zero-order valence-corrected chi connectivity index (χ0v) is 56.6. The third-order valence-corrected chi connectivity index (χ3v) is 24.2. The topological polar surface area (TPSA) is 393 Å². The summed E-state index contributed by atoms with van der Waals surface area (Å²) in [6, 6.07) is 9.94. The number of aliphatic hydroxyl groups excluding tert-OH is 4. The SMILES string of the molecule is CC[C@@H](C)C(=O)N[C@@H](Cc1cn(CCO[C@@H]2OC(C(=O)O)C(O)[C@H](O)C2O)nn1)C(=O)C[C@@H](CSSCCOC(=O)NNC(=O)[C@@]1(O)[C@H](O)[C@]2(CC)C=CCN3CC[C@@]4(c5cc([C@@]6(C)C[C@@H]7CN(Cc8c6[nH]c6ccccc86)C[C@](O)(CC)C7)c(OC)cc5N(C)[C@@H]14)[C@@H]32)C(=O)O. The van der Waals surface area contributed by atoms with E-state index in [4.69, 9.17) is 18.9 Å². The fourth-order valence-electron chi connectivity index (χ4n) is 16.9. The standard InChI is InChI=1S/C66H90N10O18S2/c1-8-35(4)53(81)68-44(25-38-31-76(72-69-38)20-21-92-56-50(80)48(78)49(79)51(94-56)55(84)85)46(77)24-37(54(82)83)33-96-95-23-22-93-61(88)71-70-60(87)66(90)58-65(17-19-75-18-13-16-64(10-3,57(65)75)59(66)86)41-26-42(47(91-7)27-45(41)73(58)6)62(5)28-36-29-63(89,9-2)34-74(30-36)32-40-39-14-11-12-15-43(39)67-52(40)62/h11-16,26-27,31,35-37,44,48-51,56-59,67,78-80,86,89-90H,8-10,17-25,28-30,32-34H2,1-7H3,(H,68,81)(H,70,87)(H,71,88)(H,82,83)(H,84,85)/t35-,36+,37+,44+,48+,49?,50?,51?,56-,57+,58-,59-,62-,63+,64-,65-,66+/m1/s1. The van der Waals surface area contributed by atoms with Crippen LogP contribution in [0.4, 0.5) is 10.5 Å². The van der Waals surface area contributed by atoms with Crippen molar-refractivity contribution in [3.05, 3.63) is 82.8 Å². The maximum absolute atomic E-state index is 15.2. The van der Waals surface area contributed by atoms with Gasteiger partial charge in [-0.05, 0) is 81.2 Å². The number of fused-ring (bicyclic) bond motifs is 6. The van der Waals surface area contributed by atoms with E-state index in [0.717, 1.165) is 56.3 Å². The largest absolute Gasteiger partial charge is 0.496 e. The minimum absolute atomic E-state index is 0.0287. The number of H-pyrrole nitrogens is 1. The number of carbonyl (C=O) groups excluding carboxylic acids is 4. The first kappa shape index (κ1) is 70.9. The molecule has 28 nitrogen and oxygen atoms in total. The molecule has 2 bridgehead atoms. The summed E-state index contributed by atoms with van der Waals surface area (Å²) in [5.74, 6) is -5.77. The van der Waals surface area contributed by atoms with Crippen LogP contribution < -0.4 is 25.8 Å². The zero-order valence-electron chi connectivity index (χ0n) is 55.0. The number of Topliss-reactive ketones (excluding diaryl/α,β-unsaturated/α-hetero) is 1. The van der Waals surface area contributed by atoms with E-state index in [2.05, 4.69) is 66.4 Å². The van der Waals surface area contributed by atoms with E-state index in [1.165, 1.54) is 21.7 Å². The summed E-state index contributed by atoms with van der Waals surface area (Å²) in [4.78, 5) is 90.3. The number of piperidine rings is 1. The Morgan fingerprint density at radius 3 is 2.43 bits per heavy atom. The average molecular weight is 1380 g/mol. The highest BCUT2D eigenvalue weighted by Crippen LogP contribution is 2.67. The molecule has 30 heteroatoms. The van der Waals surface area contributed by atoms with Gasteiger partial charge in [0.2, 0.25) is 5.91 Å². The van der Waals surface area contributed by atoms with Gasteiger partial charge in [0.25, 0.3) is 5.91 Å². The van der Waals surface area contributed by atoms with Crippen LogP contribution in [0.25, 0.3) is 10.9 Å². The van der Waals surface area contributed by atoms with Gasteiger partial charge in [-0.2, -0.15) is 0 Å². The Kier molecular flexibility index (Phi) is 20.7. The normalized spacial score (nSPS) is 32.9. The van der Waals surface area contributed by atoms with E-state index in [1.807, 2.05) is 56.1 Å².